The van der Waals surface area contributed by atoms with E-state index in [1.165, 1.54) is 0 Å². The molecule has 0 unspecified atom stereocenters. The van der Waals surface area contributed by atoms with Gasteiger partial charge < -0.3 is 14.8 Å². The molecule has 1 amide bonds. The smallest absolute Gasteiger partial charge is 0.378 e. The highest BCUT2D eigenvalue weighted by atomic mass is 19.4. The van der Waals surface area contributed by atoms with Crippen molar-refractivity contribution in [3.8, 4) is 0 Å². The Morgan fingerprint density at radius 2 is 1.95 bits per heavy atom. The lowest BCUT2D eigenvalue weighted by Gasteiger charge is -2.59. The van der Waals surface area contributed by atoms with Crippen LogP contribution >= 0.6 is 0 Å². The van der Waals surface area contributed by atoms with Gasteiger partial charge in [0.2, 0.25) is 5.91 Å². The van der Waals surface area contributed by atoms with Crippen LogP contribution in [0.4, 0.5) is 13.2 Å². The molecule has 118 valence electrons. The first-order chi connectivity index (χ1) is 9.02. The van der Waals surface area contributed by atoms with Crippen molar-refractivity contribution in [2.45, 2.75) is 51.4 Å². The SMILES string of the molecule is CO[C@]1(C)C[C@@H](NC(=O)CCOCC(F)(F)F)C1(C)C. The molecule has 1 aliphatic rings. The lowest BCUT2D eigenvalue weighted by Crippen LogP contribution is -2.68. The predicted octanol–water partition coefficient (Wildman–Crippen LogP) is 2.28. The summed E-state index contributed by atoms with van der Waals surface area (Å²) in [6.07, 6.45) is -3.75. The Hall–Kier alpha value is -0.820. The Labute approximate surface area is 117 Å². The largest absolute Gasteiger partial charge is 0.411 e. The quantitative estimate of drug-likeness (QED) is 0.765. The van der Waals surface area contributed by atoms with Gasteiger partial charge in [-0.2, -0.15) is 13.2 Å². The first-order valence-corrected chi connectivity index (χ1v) is 6.51. The topological polar surface area (TPSA) is 47.6 Å². The zero-order valence-electron chi connectivity index (χ0n) is 12.3. The molecule has 1 rings (SSSR count). The summed E-state index contributed by atoms with van der Waals surface area (Å²) < 4.78 is 45.4. The molecule has 7 heteroatoms. The van der Waals surface area contributed by atoms with Gasteiger partial charge >= 0.3 is 6.18 Å². The average Bonchev–Trinajstić information content (AvgIpc) is 2.32. The maximum atomic E-state index is 11.8. The Bertz CT molecular complexity index is 357. The summed E-state index contributed by atoms with van der Waals surface area (Å²) in [5, 5.41) is 2.81. The van der Waals surface area contributed by atoms with E-state index in [9.17, 15) is 18.0 Å². The summed E-state index contributed by atoms with van der Waals surface area (Å²) in [7, 11) is 1.63. The fraction of sp³-hybridized carbons (Fsp3) is 0.923. The third-order valence-corrected chi connectivity index (χ3v) is 4.35. The highest BCUT2D eigenvalue weighted by Crippen LogP contribution is 2.51. The maximum absolute atomic E-state index is 11.8. The highest BCUT2D eigenvalue weighted by molar-refractivity contribution is 5.76. The van der Waals surface area contributed by atoms with Crippen molar-refractivity contribution in [1.82, 2.24) is 5.32 Å². The number of alkyl halides is 3. The number of carbonyl (C=O) groups excluding carboxylic acids is 1. The van der Waals surface area contributed by atoms with Crippen LogP contribution in [-0.4, -0.2) is 44.0 Å². The van der Waals surface area contributed by atoms with Crippen LogP contribution in [-0.2, 0) is 14.3 Å². The molecule has 0 radical (unpaired) electrons. The molecular formula is C13H22F3NO3. The number of amides is 1. The van der Waals surface area contributed by atoms with E-state index < -0.39 is 12.8 Å². The molecule has 0 aromatic rings. The Morgan fingerprint density at radius 1 is 1.35 bits per heavy atom. The molecule has 0 aromatic carbocycles. The van der Waals surface area contributed by atoms with Crippen molar-refractivity contribution in [3.05, 3.63) is 0 Å². The van der Waals surface area contributed by atoms with E-state index in [2.05, 4.69) is 10.1 Å². The number of rotatable bonds is 6. The minimum absolute atomic E-state index is 0.0393. The molecule has 4 nitrogen and oxygen atoms in total. The highest BCUT2D eigenvalue weighted by Gasteiger charge is 2.58. The number of hydrogen-bond donors (Lipinski definition) is 1. The van der Waals surface area contributed by atoms with E-state index in [0.717, 1.165) is 0 Å². The summed E-state index contributed by atoms with van der Waals surface area (Å²) in [6, 6.07) is -0.0393. The van der Waals surface area contributed by atoms with E-state index in [-0.39, 0.29) is 36.0 Å². The second-order valence-corrected chi connectivity index (χ2v) is 5.90. The van der Waals surface area contributed by atoms with Crippen LogP contribution in [0.15, 0.2) is 0 Å². The number of hydrogen-bond acceptors (Lipinski definition) is 3. The van der Waals surface area contributed by atoms with E-state index >= 15 is 0 Å². The third-order valence-electron chi connectivity index (χ3n) is 4.35. The van der Waals surface area contributed by atoms with Gasteiger partial charge in [0.05, 0.1) is 12.2 Å². The van der Waals surface area contributed by atoms with Crippen LogP contribution in [0.3, 0.4) is 0 Å². The lowest BCUT2D eigenvalue weighted by molar-refractivity contribution is -0.184. The van der Waals surface area contributed by atoms with E-state index in [1.54, 1.807) is 7.11 Å². The summed E-state index contributed by atoms with van der Waals surface area (Å²) in [4.78, 5) is 11.6. The van der Waals surface area contributed by atoms with Crippen molar-refractivity contribution >= 4 is 5.91 Å². The molecule has 0 aliphatic heterocycles. The molecule has 0 aromatic heterocycles. The number of ether oxygens (including phenoxy) is 2. The van der Waals surface area contributed by atoms with Gasteiger partial charge in [0.25, 0.3) is 0 Å². The van der Waals surface area contributed by atoms with Gasteiger partial charge in [-0.25, -0.2) is 0 Å². The van der Waals surface area contributed by atoms with Gasteiger partial charge in [-0.05, 0) is 13.3 Å². The van der Waals surface area contributed by atoms with E-state index in [1.807, 2.05) is 20.8 Å². The molecule has 0 spiro atoms. The zero-order valence-corrected chi connectivity index (χ0v) is 12.3. The van der Waals surface area contributed by atoms with Crippen LogP contribution < -0.4 is 5.32 Å². The average molecular weight is 297 g/mol. The van der Waals surface area contributed by atoms with Crippen LogP contribution in [0.5, 0.6) is 0 Å². The molecular weight excluding hydrogens is 275 g/mol. The Kier molecular flexibility index (Phi) is 5.08. The van der Waals surface area contributed by atoms with Crippen molar-refractivity contribution < 1.29 is 27.4 Å². The van der Waals surface area contributed by atoms with Crippen LogP contribution in [0.25, 0.3) is 0 Å². The maximum Gasteiger partial charge on any atom is 0.411 e. The predicted molar refractivity (Wildman–Crippen MR) is 67.2 cm³/mol. The first kappa shape index (κ1) is 17.2. The van der Waals surface area contributed by atoms with Crippen LogP contribution in [0.1, 0.15) is 33.6 Å². The van der Waals surface area contributed by atoms with Crippen molar-refractivity contribution in [3.63, 3.8) is 0 Å². The molecule has 0 bridgehead atoms. The fourth-order valence-electron chi connectivity index (χ4n) is 2.34. The Balaban J connectivity index is 2.28. The Morgan fingerprint density at radius 3 is 2.40 bits per heavy atom. The normalized spacial score (nSPS) is 28.9. The number of carbonyl (C=O) groups is 1. The van der Waals surface area contributed by atoms with Crippen LogP contribution in [0, 0.1) is 5.41 Å². The van der Waals surface area contributed by atoms with Crippen LogP contribution in [0.2, 0.25) is 0 Å². The summed E-state index contributed by atoms with van der Waals surface area (Å²) >= 11 is 0. The van der Waals surface area contributed by atoms with Gasteiger partial charge in [0.1, 0.15) is 6.61 Å². The second kappa shape index (κ2) is 5.89. The van der Waals surface area contributed by atoms with Gasteiger partial charge in [0.15, 0.2) is 0 Å². The lowest BCUT2D eigenvalue weighted by atomic mass is 9.56. The molecule has 0 saturated heterocycles. The molecule has 1 saturated carbocycles. The molecule has 2 atom stereocenters. The van der Waals surface area contributed by atoms with Crippen molar-refractivity contribution in [2.24, 2.45) is 5.41 Å². The first-order valence-electron chi connectivity index (χ1n) is 6.51. The molecule has 1 aliphatic carbocycles. The molecule has 1 N–H and O–H groups in total. The zero-order chi connectivity index (χ0) is 15.6. The third kappa shape index (κ3) is 3.85. The summed E-state index contributed by atoms with van der Waals surface area (Å²) in [6.45, 7) is 4.40. The molecule has 20 heavy (non-hydrogen) atoms. The number of halogens is 3. The van der Waals surface area contributed by atoms with Gasteiger partial charge in [-0.3, -0.25) is 4.79 Å². The number of nitrogens with one attached hydrogen (secondary N) is 1. The minimum atomic E-state index is -4.35. The fourth-order valence-corrected chi connectivity index (χ4v) is 2.34. The van der Waals surface area contributed by atoms with E-state index in [4.69, 9.17) is 4.74 Å². The minimum Gasteiger partial charge on any atom is -0.378 e. The van der Waals surface area contributed by atoms with Crippen molar-refractivity contribution in [2.75, 3.05) is 20.3 Å². The van der Waals surface area contributed by atoms with Gasteiger partial charge in [0, 0.05) is 25.0 Å². The van der Waals surface area contributed by atoms with Gasteiger partial charge in [-0.1, -0.05) is 13.8 Å². The summed E-state index contributed by atoms with van der Waals surface area (Å²) in [5.41, 5.74) is -0.512. The standard InChI is InChI=1S/C13H22F3NO3/c1-11(2)9(7-12(11,3)19-4)17-10(18)5-6-20-8-13(14,15)16/h9H,5-8H2,1-4H3,(H,17,18)/t9-,12-/m1/s1. The second-order valence-electron chi connectivity index (χ2n) is 5.90. The van der Waals surface area contributed by atoms with Crippen molar-refractivity contribution in [1.29, 1.82) is 0 Å². The molecule has 0 heterocycles. The number of methoxy groups -OCH3 is 1. The molecule has 1 fully saturated rings. The van der Waals surface area contributed by atoms with E-state index in [0.29, 0.717) is 6.42 Å². The summed E-state index contributed by atoms with van der Waals surface area (Å²) in [5.74, 6) is -0.302. The van der Waals surface area contributed by atoms with Gasteiger partial charge in [-0.15, -0.1) is 0 Å². The monoisotopic (exact) mass is 297 g/mol.